The fourth-order valence-corrected chi connectivity index (χ4v) is 4.75. The Morgan fingerprint density at radius 2 is 1.82 bits per heavy atom. The number of nitrogens with one attached hydrogen (secondary N) is 1. The number of hydrogen-bond acceptors (Lipinski definition) is 9. The van der Waals surface area contributed by atoms with Crippen molar-refractivity contribution in [2.24, 2.45) is 0 Å². The van der Waals surface area contributed by atoms with Crippen LogP contribution in [0.15, 0.2) is 60.0 Å². The number of amides is 1. The van der Waals surface area contributed by atoms with Crippen molar-refractivity contribution in [3.05, 3.63) is 76.7 Å². The first-order chi connectivity index (χ1) is 19.1. The lowest BCUT2D eigenvalue weighted by molar-refractivity contribution is -0.274. The van der Waals surface area contributed by atoms with E-state index in [2.05, 4.69) is 10.1 Å². The van der Waals surface area contributed by atoms with Gasteiger partial charge < -0.3 is 44.1 Å². The van der Waals surface area contributed by atoms with Gasteiger partial charge in [0.25, 0.3) is 5.91 Å². The summed E-state index contributed by atoms with van der Waals surface area (Å²) in [5.41, 5.74) is 2.89. The summed E-state index contributed by atoms with van der Waals surface area (Å²) >= 11 is 0. The van der Waals surface area contributed by atoms with Crippen molar-refractivity contribution in [2.75, 3.05) is 33.4 Å². The molecule has 5 rings (SSSR count). The summed E-state index contributed by atoms with van der Waals surface area (Å²) in [6.07, 6.45) is -6.41. The van der Waals surface area contributed by atoms with Crippen molar-refractivity contribution in [1.82, 2.24) is 20.0 Å². The van der Waals surface area contributed by atoms with Crippen LogP contribution in [-0.4, -0.2) is 84.3 Å². The maximum Gasteiger partial charge on any atom is 0.573 e. The lowest BCUT2D eigenvalue weighted by Gasteiger charge is -2.30. The third kappa shape index (κ3) is 6.28. The molecule has 3 atom stereocenters. The number of aliphatic hydroxyl groups excluding tert-OH is 1. The lowest BCUT2D eigenvalue weighted by atomic mass is 10.1. The molecular formula is C27H31F3N4O6. The fourth-order valence-electron chi connectivity index (χ4n) is 4.75. The summed E-state index contributed by atoms with van der Waals surface area (Å²) in [5.74, 6) is -0.0856. The zero-order chi connectivity index (χ0) is 28.4. The average molecular weight is 565 g/mol. The highest BCUT2D eigenvalue weighted by molar-refractivity contribution is 5.94. The van der Waals surface area contributed by atoms with E-state index in [1.165, 1.54) is 18.2 Å². The number of halogens is 3. The van der Waals surface area contributed by atoms with Crippen LogP contribution in [0, 0.1) is 6.92 Å². The summed E-state index contributed by atoms with van der Waals surface area (Å²) in [6, 6.07) is 13.5. The second-order valence-electron chi connectivity index (χ2n) is 9.68. The van der Waals surface area contributed by atoms with Gasteiger partial charge in [0.1, 0.15) is 17.3 Å². The van der Waals surface area contributed by atoms with Gasteiger partial charge in [-0.2, -0.15) is 0 Å². The summed E-state index contributed by atoms with van der Waals surface area (Å²) < 4.78 is 59.5. The SMILES string of the molecule is Cc1ccc(CN2C3=C(NC2OCc2cccc(OC(F)(F)F)c2)N(C)C2OC2N(CCOCCO)C3=O)cc1. The first-order valence-electron chi connectivity index (χ1n) is 12.8. The van der Waals surface area contributed by atoms with Crippen molar-refractivity contribution < 1.29 is 42.0 Å². The normalized spacial score (nSPS) is 22.2. The summed E-state index contributed by atoms with van der Waals surface area (Å²) in [7, 11) is 1.82. The van der Waals surface area contributed by atoms with Gasteiger partial charge in [0.2, 0.25) is 6.35 Å². The highest BCUT2D eigenvalue weighted by Gasteiger charge is 2.56. The topological polar surface area (TPSA) is 99.3 Å². The number of aliphatic hydroxyl groups is 1. The van der Waals surface area contributed by atoms with Crippen LogP contribution in [0.5, 0.6) is 5.75 Å². The molecular weight excluding hydrogens is 533 g/mol. The van der Waals surface area contributed by atoms with Crippen LogP contribution in [0.2, 0.25) is 0 Å². The van der Waals surface area contributed by atoms with Gasteiger partial charge in [0, 0.05) is 20.1 Å². The number of fused-ring (bicyclic) bond motifs is 1. The van der Waals surface area contributed by atoms with Crippen molar-refractivity contribution in [3.8, 4) is 5.75 Å². The molecule has 0 spiro atoms. The Hall–Kier alpha value is -3.52. The van der Waals surface area contributed by atoms with E-state index in [0.717, 1.165) is 11.1 Å². The van der Waals surface area contributed by atoms with Crippen LogP contribution in [-0.2, 0) is 32.2 Å². The number of alkyl halides is 3. The van der Waals surface area contributed by atoms with E-state index in [9.17, 15) is 18.0 Å². The molecule has 2 N–H and O–H groups in total. The number of epoxide rings is 1. The largest absolute Gasteiger partial charge is 0.573 e. The van der Waals surface area contributed by atoms with Gasteiger partial charge in [-0.25, -0.2) is 0 Å². The molecule has 216 valence electrons. The van der Waals surface area contributed by atoms with Crippen LogP contribution < -0.4 is 10.1 Å². The Balaban J connectivity index is 1.38. The van der Waals surface area contributed by atoms with E-state index in [0.29, 0.717) is 23.6 Å². The maximum atomic E-state index is 13.9. The molecule has 1 fully saturated rings. The summed E-state index contributed by atoms with van der Waals surface area (Å²) in [5, 5.41) is 12.3. The van der Waals surface area contributed by atoms with Crippen LogP contribution in [0.3, 0.4) is 0 Å². The molecule has 1 saturated heterocycles. The summed E-state index contributed by atoms with van der Waals surface area (Å²) in [6.45, 7) is 2.81. The zero-order valence-electron chi connectivity index (χ0n) is 22.1. The Labute approximate surface area is 229 Å². The van der Waals surface area contributed by atoms with E-state index in [-0.39, 0.29) is 50.9 Å². The number of aryl methyl sites for hydroxylation is 1. The molecule has 3 aliphatic heterocycles. The number of ether oxygens (including phenoxy) is 4. The van der Waals surface area contributed by atoms with Gasteiger partial charge in [-0.05, 0) is 30.2 Å². The molecule has 0 bridgehead atoms. The molecule has 13 heteroatoms. The number of rotatable bonds is 11. The molecule has 10 nitrogen and oxygen atoms in total. The van der Waals surface area contributed by atoms with Crippen LogP contribution in [0.4, 0.5) is 13.2 Å². The number of hydrogen-bond donors (Lipinski definition) is 2. The van der Waals surface area contributed by atoms with Gasteiger partial charge in [0.15, 0.2) is 12.5 Å². The first-order valence-corrected chi connectivity index (χ1v) is 12.8. The monoisotopic (exact) mass is 564 g/mol. The molecule has 0 aliphatic carbocycles. The highest BCUT2D eigenvalue weighted by Crippen LogP contribution is 2.39. The predicted octanol–water partition coefficient (Wildman–Crippen LogP) is 2.43. The number of benzene rings is 2. The Morgan fingerprint density at radius 1 is 1.05 bits per heavy atom. The standard InChI is InChI=1S/C27H31F3N4O6/c1-17-6-8-18(9-7-17)15-34-21-22(32(2)24-25(39-24)33(23(21)36)10-12-37-13-11-35)31-26(34)38-16-19-4-3-5-20(14-19)40-27(28,29)30/h3-9,14,24-26,31,35H,10-13,15-16H2,1-2H3. The molecule has 2 aromatic rings. The summed E-state index contributed by atoms with van der Waals surface area (Å²) in [4.78, 5) is 19.2. The van der Waals surface area contributed by atoms with Gasteiger partial charge in [-0.3, -0.25) is 4.79 Å². The Bertz CT molecular complexity index is 1240. The molecule has 1 amide bonds. The minimum atomic E-state index is -4.80. The van der Waals surface area contributed by atoms with Crippen molar-refractivity contribution in [1.29, 1.82) is 0 Å². The minimum Gasteiger partial charge on any atom is -0.406 e. The van der Waals surface area contributed by atoms with E-state index >= 15 is 0 Å². The van der Waals surface area contributed by atoms with Crippen molar-refractivity contribution in [2.45, 2.75) is 45.2 Å². The highest BCUT2D eigenvalue weighted by atomic mass is 19.4. The number of likely N-dealkylation sites (N-methyl/N-ethyl adjacent to an activating group) is 1. The van der Waals surface area contributed by atoms with Gasteiger partial charge in [0.05, 0.1) is 26.4 Å². The zero-order valence-corrected chi connectivity index (χ0v) is 22.1. The maximum absolute atomic E-state index is 13.9. The Kier molecular flexibility index (Phi) is 8.08. The number of nitrogens with zero attached hydrogens (tertiary/aromatic N) is 3. The van der Waals surface area contributed by atoms with Gasteiger partial charge >= 0.3 is 6.36 Å². The second-order valence-corrected chi connectivity index (χ2v) is 9.68. The number of carbonyl (C=O) groups excluding carboxylic acids is 1. The molecule has 0 saturated carbocycles. The fraction of sp³-hybridized carbons (Fsp3) is 0.444. The molecule has 2 aromatic carbocycles. The van der Waals surface area contributed by atoms with Gasteiger partial charge in [-0.15, -0.1) is 13.2 Å². The first kappa shape index (κ1) is 28.0. The molecule has 3 unspecified atom stereocenters. The van der Waals surface area contributed by atoms with E-state index in [1.54, 1.807) is 15.9 Å². The van der Waals surface area contributed by atoms with Crippen molar-refractivity contribution in [3.63, 3.8) is 0 Å². The van der Waals surface area contributed by atoms with Gasteiger partial charge in [-0.1, -0.05) is 42.0 Å². The Morgan fingerprint density at radius 3 is 2.55 bits per heavy atom. The quantitative estimate of drug-likeness (QED) is 0.315. The second kappa shape index (κ2) is 11.5. The van der Waals surface area contributed by atoms with Crippen LogP contribution in [0.1, 0.15) is 16.7 Å². The smallest absolute Gasteiger partial charge is 0.406 e. The average Bonchev–Trinajstić information content (AvgIpc) is 3.62. The third-order valence-corrected chi connectivity index (χ3v) is 6.73. The minimum absolute atomic E-state index is 0.0448. The molecule has 0 radical (unpaired) electrons. The molecule has 3 aliphatic rings. The van der Waals surface area contributed by atoms with E-state index in [1.807, 2.05) is 43.1 Å². The lowest BCUT2D eigenvalue weighted by Crippen LogP contribution is -2.46. The number of carbonyl (C=O) groups is 1. The van der Waals surface area contributed by atoms with E-state index in [4.69, 9.17) is 19.3 Å². The van der Waals surface area contributed by atoms with E-state index < -0.39 is 18.9 Å². The van der Waals surface area contributed by atoms with Crippen molar-refractivity contribution >= 4 is 5.91 Å². The predicted molar refractivity (Wildman–Crippen MR) is 135 cm³/mol. The third-order valence-electron chi connectivity index (χ3n) is 6.73. The van der Waals surface area contributed by atoms with Crippen LogP contribution in [0.25, 0.3) is 0 Å². The molecule has 3 heterocycles. The molecule has 0 aromatic heterocycles. The van der Waals surface area contributed by atoms with Crippen LogP contribution >= 0.6 is 0 Å². The molecule has 40 heavy (non-hydrogen) atoms.